The Morgan fingerprint density at radius 1 is 1.47 bits per heavy atom. The smallest absolute Gasteiger partial charge is 0.254 e. The molecule has 0 aliphatic carbocycles. The molecular formula is C14H25N3O2. The molecule has 0 aromatic carbocycles. The van der Waals surface area contributed by atoms with E-state index in [0.29, 0.717) is 12.0 Å². The quantitative estimate of drug-likeness (QED) is 0.793. The van der Waals surface area contributed by atoms with Crippen LogP contribution in [0.3, 0.4) is 0 Å². The molecule has 1 rings (SSSR count). The van der Waals surface area contributed by atoms with Crippen LogP contribution in [0.15, 0.2) is 6.20 Å². The van der Waals surface area contributed by atoms with E-state index in [-0.39, 0.29) is 24.5 Å². The molecule has 108 valence electrons. The summed E-state index contributed by atoms with van der Waals surface area (Å²) in [6, 6.07) is 0.0599. The maximum atomic E-state index is 12.2. The molecule has 1 unspecified atom stereocenters. The van der Waals surface area contributed by atoms with Crippen LogP contribution in [0, 0.1) is 0 Å². The summed E-state index contributed by atoms with van der Waals surface area (Å²) in [6.07, 6.45) is 3.29. The molecule has 0 fully saturated rings. The number of hydrogen-bond acceptors (Lipinski definition) is 3. The minimum Gasteiger partial charge on any atom is -0.396 e. The highest BCUT2D eigenvalue weighted by atomic mass is 16.3. The molecule has 0 aliphatic heterocycles. The lowest BCUT2D eigenvalue weighted by Crippen LogP contribution is -2.33. The fourth-order valence-electron chi connectivity index (χ4n) is 1.97. The molecule has 0 aliphatic rings. The van der Waals surface area contributed by atoms with Gasteiger partial charge in [-0.2, -0.15) is 5.10 Å². The van der Waals surface area contributed by atoms with E-state index in [9.17, 15) is 4.79 Å². The summed E-state index contributed by atoms with van der Waals surface area (Å²) in [6.45, 7) is 8.94. The molecule has 0 radical (unpaired) electrons. The molecule has 2 N–H and O–H groups in total. The van der Waals surface area contributed by atoms with Crippen LogP contribution in [0.5, 0.6) is 0 Å². The second-order valence-electron chi connectivity index (χ2n) is 5.18. The number of rotatable bonds is 7. The van der Waals surface area contributed by atoms with Gasteiger partial charge in [0.2, 0.25) is 0 Å². The second-order valence-corrected chi connectivity index (χ2v) is 5.18. The molecule has 1 aromatic rings. The Bertz CT molecular complexity index is 413. The van der Waals surface area contributed by atoms with Gasteiger partial charge in [-0.05, 0) is 32.6 Å². The van der Waals surface area contributed by atoms with Crippen LogP contribution in [-0.2, 0) is 6.54 Å². The van der Waals surface area contributed by atoms with Gasteiger partial charge in [0.15, 0.2) is 0 Å². The van der Waals surface area contributed by atoms with Crippen molar-refractivity contribution in [2.24, 2.45) is 0 Å². The number of hydrogen-bond donors (Lipinski definition) is 2. The maximum Gasteiger partial charge on any atom is 0.254 e. The fraction of sp³-hybridized carbons (Fsp3) is 0.714. The van der Waals surface area contributed by atoms with Crippen LogP contribution in [0.2, 0.25) is 0 Å². The Hall–Kier alpha value is -1.36. The van der Waals surface area contributed by atoms with Crippen LogP contribution in [-0.4, -0.2) is 33.4 Å². The Labute approximate surface area is 115 Å². The molecule has 5 nitrogen and oxygen atoms in total. The molecular weight excluding hydrogens is 242 g/mol. The third-order valence-electron chi connectivity index (χ3n) is 3.08. The summed E-state index contributed by atoms with van der Waals surface area (Å²) in [5.74, 6) is 0.148. The highest BCUT2D eigenvalue weighted by Gasteiger charge is 2.19. The number of aliphatic hydroxyl groups is 1. The van der Waals surface area contributed by atoms with Crippen LogP contribution in [0.25, 0.3) is 0 Å². The first-order valence-corrected chi connectivity index (χ1v) is 6.98. The number of nitrogens with one attached hydrogen (secondary N) is 1. The Kier molecular flexibility index (Phi) is 6.02. The summed E-state index contributed by atoms with van der Waals surface area (Å²) < 4.78 is 1.79. The zero-order valence-electron chi connectivity index (χ0n) is 12.3. The lowest BCUT2D eigenvalue weighted by Gasteiger charge is -2.13. The molecule has 5 heteroatoms. The third-order valence-corrected chi connectivity index (χ3v) is 3.08. The van der Waals surface area contributed by atoms with Crippen molar-refractivity contribution >= 4 is 5.91 Å². The van der Waals surface area contributed by atoms with Crippen molar-refractivity contribution in [2.75, 3.05) is 6.61 Å². The average Bonchev–Trinajstić information content (AvgIpc) is 2.80. The molecule has 1 aromatic heterocycles. The van der Waals surface area contributed by atoms with Gasteiger partial charge in [-0.3, -0.25) is 9.48 Å². The molecule has 1 atom stereocenters. The summed E-state index contributed by atoms with van der Waals surface area (Å²) >= 11 is 0. The lowest BCUT2D eigenvalue weighted by molar-refractivity contribution is 0.0935. The van der Waals surface area contributed by atoms with Gasteiger partial charge in [0.25, 0.3) is 5.91 Å². The SMILES string of the molecule is CCn1cc(C(=O)NC(C)CCCO)c(C(C)C)n1. The highest BCUT2D eigenvalue weighted by molar-refractivity contribution is 5.95. The van der Waals surface area contributed by atoms with Gasteiger partial charge in [0, 0.05) is 25.4 Å². The van der Waals surface area contributed by atoms with Crippen LogP contribution >= 0.6 is 0 Å². The average molecular weight is 267 g/mol. The maximum absolute atomic E-state index is 12.2. The van der Waals surface area contributed by atoms with E-state index < -0.39 is 0 Å². The number of aliphatic hydroxyl groups excluding tert-OH is 1. The minimum absolute atomic E-state index is 0.0599. The van der Waals surface area contributed by atoms with E-state index in [2.05, 4.69) is 10.4 Å². The van der Waals surface area contributed by atoms with Gasteiger partial charge in [-0.1, -0.05) is 13.8 Å². The molecule has 0 bridgehead atoms. The molecule has 1 heterocycles. The van der Waals surface area contributed by atoms with E-state index in [1.165, 1.54) is 0 Å². The molecule has 19 heavy (non-hydrogen) atoms. The number of carbonyl (C=O) groups excluding carboxylic acids is 1. The molecule has 1 amide bonds. The Balaban J connectivity index is 2.78. The standard InChI is InChI=1S/C14H25N3O2/c1-5-17-9-12(13(16-17)10(2)3)14(19)15-11(4)7-6-8-18/h9-11,18H,5-8H2,1-4H3,(H,15,19). The largest absolute Gasteiger partial charge is 0.396 e. The van der Waals surface area contributed by atoms with E-state index >= 15 is 0 Å². The van der Waals surface area contributed by atoms with Crippen molar-refractivity contribution in [3.63, 3.8) is 0 Å². The first-order valence-electron chi connectivity index (χ1n) is 6.98. The van der Waals surface area contributed by atoms with E-state index in [4.69, 9.17) is 5.11 Å². The van der Waals surface area contributed by atoms with Crippen LogP contribution in [0.1, 0.15) is 62.5 Å². The number of nitrogens with zero attached hydrogens (tertiary/aromatic N) is 2. The summed E-state index contributed by atoms with van der Waals surface area (Å²) in [5, 5.41) is 16.2. The number of carbonyl (C=O) groups is 1. The van der Waals surface area contributed by atoms with Gasteiger partial charge < -0.3 is 10.4 Å². The van der Waals surface area contributed by atoms with E-state index in [0.717, 1.165) is 18.7 Å². The monoisotopic (exact) mass is 267 g/mol. The highest BCUT2D eigenvalue weighted by Crippen LogP contribution is 2.17. The van der Waals surface area contributed by atoms with Crippen molar-refractivity contribution in [3.8, 4) is 0 Å². The van der Waals surface area contributed by atoms with Crippen molar-refractivity contribution in [1.82, 2.24) is 15.1 Å². The Morgan fingerprint density at radius 2 is 2.16 bits per heavy atom. The van der Waals surface area contributed by atoms with Crippen LogP contribution in [0.4, 0.5) is 0 Å². The van der Waals surface area contributed by atoms with Crippen LogP contribution < -0.4 is 5.32 Å². The fourth-order valence-corrected chi connectivity index (χ4v) is 1.97. The number of amides is 1. The first-order chi connectivity index (χ1) is 8.99. The second kappa shape index (κ2) is 7.28. The van der Waals surface area contributed by atoms with E-state index in [1.54, 1.807) is 4.68 Å². The predicted molar refractivity (Wildman–Crippen MR) is 75.2 cm³/mol. The van der Waals surface area contributed by atoms with Gasteiger partial charge in [0.05, 0.1) is 11.3 Å². The Morgan fingerprint density at radius 3 is 2.68 bits per heavy atom. The van der Waals surface area contributed by atoms with Crippen molar-refractivity contribution in [3.05, 3.63) is 17.5 Å². The first kappa shape index (κ1) is 15.7. The number of aryl methyl sites for hydroxylation is 1. The number of aromatic nitrogens is 2. The normalized spacial score (nSPS) is 12.7. The lowest BCUT2D eigenvalue weighted by atomic mass is 10.1. The van der Waals surface area contributed by atoms with Gasteiger partial charge in [-0.15, -0.1) is 0 Å². The van der Waals surface area contributed by atoms with Crippen molar-refractivity contribution in [2.45, 2.75) is 59.0 Å². The topological polar surface area (TPSA) is 67.2 Å². The van der Waals surface area contributed by atoms with E-state index in [1.807, 2.05) is 33.9 Å². The summed E-state index contributed by atoms with van der Waals surface area (Å²) in [4.78, 5) is 12.2. The van der Waals surface area contributed by atoms with Crippen molar-refractivity contribution in [1.29, 1.82) is 0 Å². The summed E-state index contributed by atoms with van der Waals surface area (Å²) in [5.41, 5.74) is 1.50. The van der Waals surface area contributed by atoms with Crippen molar-refractivity contribution < 1.29 is 9.90 Å². The zero-order valence-corrected chi connectivity index (χ0v) is 12.3. The molecule has 0 saturated carbocycles. The van der Waals surface area contributed by atoms with Gasteiger partial charge >= 0.3 is 0 Å². The van der Waals surface area contributed by atoms with Gasteiger partial charge in [0.1, 0.15) is 0 Å². The summed E-state index contributed by atoms with van der Waals surface area (Å²) in [7, 11) is 0. The third kappa shape index (κ3) is 4.35. The minimum atomic E-state index is -0.0751. The zero-order chi connectivity index (χ0) is 14.4. The molecule has 0 saturated heterocycles. The molecule has 0 spiro atoms. The predicted octanol–water partition coefficient (Wildman–Crippen LogP) is 1.92. The van der Waals surface area contributed by atoms with Gasteiger partial charge in [-0.25, -0.2) is 0 Å².